The maximum Gasteiger partial charge on any atom is 0.153 e. The predicted octanol–water partition coefficient (Wildman–Crippen LogP) is 14.3. The summed E-state index contributed by atoms with van der Waals surface area (Å²) in [6.45, 7) is 5.69. The fourth-order valence-electron chi connectivity index (χ4n) is 7.34. The first-order chi connectivity index (χ1) is 29.5. The zero-order valence-electron chi connectivity index (χ0n) is 37.8. The first-order valence-electron chi connectivity index (χ1n) is 22.7. The van der Waals surface area contributed by atoms with Gasteiger partial charge in [0.2, 0.25) is 0 Å². The van der Waals surface area contributed by atoms with Crippen molar-refractivity contribution in [3.05, 3.63) is 69.8 Å². The van der Waals surface area contributed by atoms with Crippen LogP contribution in [-0.2, 0) is 0 Å². The van der Waals surface area contributed by atoms with Gasteiger partial charge in [-0.3, -0.25) is 9.59 Å². The number of rotatable bonds is 34. The van der Waals surface area contributed by atoms with Crippen LogP contribution in [-0.4, -0.2) is 54.2 Å². The maximum atomic E-state index is 11.7. The first-order valence-corrected chi connectivity index (χ1v) is 22.7. The molecule has 0 bridgehead atoms. The minimum Gasteiger partial charge on any atom is -0.496 e. The lowest BCUT2D eigenvalue weighted by molar-refractivity contribution is 0.111. The first kappa shape index (κ1) is 49.6. The fourth-order valence-corrected chi connectivity index (χ4v) is 7.34. The highest BCUT2D eigenvalue weighted by atomic mass is 16.5. The second-order valence-electron chi connectivity index (χ2n) is 15.6. The highest BCUT2D eigenvalue weighted by molar-refractivity contribution is 5.86. The van der Waals surface area contributed by atoms with Gasteiger partial charge in [-0.15, -0.1) is 0 Å². The van der Waals surface area contributed by atoms with Crippen molar-refractivity contribution in [2.75, 3.05) is 41.7 Å². The van der Waals surface area contributed by atoms with Crippen LogP contribution >= 0.6 is 0 Å². The number of hydrogen-bond acceptors (Lipinski definition) is 8. The lowest BCUT2D eigenvalue weighted by atomic mass is 10.0. The Labute approximate surface area is 362 Å². The van der Waals surface area contributed by atoms with Gasteiger partial charge in [-0.2, -0.15) is 0 Å². The number of unbranched alkanes of at least 4 members (excludes halogenated alkanes) is 18. The summed E-state index contributed by atoms with van der Waals surface area (Å²) in [7, 11) is 6.28. The van der Waals surface area contributed by atoms with E-state index in [1.165, 1.54) is 103 Å². The molecule has 0 aromatic heterocycles. The Kier molecular flexibility index (Phi) is 25.1. The molecule has 0 aliphatic rings. The highest BCUT2D eigenvalue weighted by Crippen LogP contribution is 2.36. The minimum absolute atomic E-state index is 0.417. The standard InChI is InChI=1S/C52H74O8/c1-7-9-11-13-15-17-19-21-23-25-31-59-51-35-44(30-28-42-34-50(58-6)46(40-54)38-48(42)56-4)52(60-32-26-24-22-20-18-16-14-12-10-8-2)36-43(51)29-27-41-33-49(57-5)45(39-53)37-47(41)55-3/h27-30,33-40H,7-26,31-32H2,1-6H3. The van der Waals surface area contributed by atoms with E-state index in [1.54, 1.807) is 52.7 Å². The van der Waals surface area contributed by atoms with Crippen molar-refractivity contribution in [3.8, 4) is 34.5 Å². The Hall–Kier alpha value is -4.72. The van der Waals surface area contributed by atoms with E-state index in [1.807, 2.05) is 36.4 Å². The monoisotopic (exact) mass is 827 g/mol. The topological polar surface area (TPSA) is 89.5 Å². The van der Waals surface area contributed by atoms with E-state index in [-0.39, 0.29) is 0 Å². The average Bonchev–Trinajstić information content (AvgIpc) is 3.28. The van der Waals surface area contributed by atoms with Crippen molar-refractivity contribution in [2.24, 2.45) is 0 Å². The largest absolute Gasteiger partial charge is 0.496 e. The van der Waals surface area contributed by atoms with Gasteiger partial charge in [-0.1, -0.05) is 154 Å². The zero-order chi connectivity index (χ0) is 43.2. The van der Waals surface area contributed by atoms with Crippen LogP contribution in [0.15, 0.2) is 36.4 Å². The lowest BCUT2D eigenvalue weighted by Gasteiger charge is -2.16. The molecule has 3 aromatic rings. The summed E-state index contributed by atoms with van der Waals surface area (Å²) in [6.07, 6.45) is 34.4. The molecule has 0 N–H and O–H groups in total. The van der Waals surface area contributed by atoms with Crippen LogP contribution in [0.3, 0.4) is 0 Å². The molecular weight excluding hydrogens is 753 g/mol. The van der Waals surface area contributed by atoms with Crippen molar-refractivity contribution in [1.82, 2.24) is 0 Å². The zero-order valence-corrected chi connectivity index (χ0v) is 37.8. The second-order valence-corrected chi connectivity index (χ2v) is 15.6. The number of ether oxygens (including phenoxy) is 6. The molecule has 0 heterocycles. The average molecular weight is 827 g/mol. The van der Waals surface area contributed by atoms with Gasteiger partial charge in [0, 0.05) is 22.3 Å². The number of hydrogen-bond donors (Lipinski definition) is 0. The van der Waals surface area contributed by atoms with Crippen LogP contribution in [0.25, 0.3) is 24.3 Å². The molecule has 0 aliphatic carbocycles. The molecular formula is C52H74O8. The van der Waals surface area contributed by atoms with Crippen LogP contribution in [0.2, 0.25) is 0 Å². The van der Waals surface area contributed by atoms with E-state index in [4.69, 9.17) is 28.4 Å². The highest BCUT2D eigenvalue weighted by Gasteiger charge is 2.14. The van der Waals surface area contributed by atoms with E-state index in [0.717, 1.165) is 72.0 Å². The number of carbonyl (C=O) groups excluding carboxylic acids is 2. The van der Waals surface area contributed by atoms with E-state index >= 15 is 0 Å². The Morgan fingerprint density at radius 1 is 0.333 bits per heavy atom. The van der Waals surface area contributed by atoms with E-state index in [0.29, 0.717) is 47.3 Å². The Morgan fingerprint density at radius 2 is 0.567 bits per heavy atom. The summed E-state index contributed by atoms with van der Waals surface area (Å²) in [6, 6.07) is 11.1. The molecule has 0 unspecified atom stereocenters. The van der Waals surface area contributed by atoms with Gasteiger partial charge in [0.1, 0.15) is 34.5 Å². The summed E-state index contributed by atoms with van der Waals surface area (Å²) in [5.41, 5.74) is 4.07. The van der Waals surface area contributed by atoms with Gasteiger partial charge >= 0.3 is 0 Å². The lowest BCUT2D eigenvalue weighted by Crippen LogP contribution is -2.03. The minimum atomic E-state index is 0.417. The van der Waals surface area contributed by atoms with E-state index in [9.17, 15) is 9.59 Å². The SMILES string of the molecule is CCCCCCCCCCCCOc1cc(C=Cc2cc(OC)c(C=O)cc2OC)c(OCCCCCCCCCCCC)cc1C=Cc1cc(OC)c(C=O)cc1OC. The number of methoxy groups -OCH3 is 4. The van der Waals surface area contributed by atoms with E-state index in [2.05, 4.69) is 13.8 Å². The van der Waals surface area contributed by atoms with Gasteiger partial charge in [0.25, 0.3) is 0 Å². The molecule has 0 saturated carbocycles. The smallest absolute Gasteiger partial charge is 0.153 e. The van der Waals surface area contributed by atoms with Gasteiger partial charge < -0.3 is 28.4 Å². The third kappa shape index (κ3) is 17.5. The summed E-state index contributed by atoms with van der Waals surface area (Å²) in [5, 5.41) is 0. The van der Waals surface area contributed by atoms with Crippen molar-refractivity contribution >= 4 is 36.9 Å². The van der Waals surface area contributed by atoms with Crippen molar-refractivity contribution < 1.29 is 38.0 Å². The molecule has 60 heavy (non-hydrogen) atoms. The molecule has 330 valence electrons. The fraction of sp³-hybridized carbons (Fsp3) is 0.538. The van der Waals surface area contributed by atoms with Crippen LogP contribution in [0.1, 0.15) is 185 Å². The number of benzene rings is 3. The van der Waals surface area contributed by atoms with Gasteiger partial charge in [-0.25, -0.2) is 0 Å². The molecule has 0 spiro atoms. The van der Waals surface area contributed by atoms with Gasteiger partial charge in [0.05, 0.1) is 52.8 Å². The van der Waals surface area contributed by atoms with Crippen LogP contribution < -0.4 is 28.4 Å². The molecule has 3 rings (SSSR count). The number of carbonyl (C=O) groups is 2. The molecule has 3 aromatic carbocycles. The van der Waals surface area contributed by atoms with Crippen LogP contribution in [0.4, 0.5) is 0 Å². The molecule has 8 heteroatoms. The van der Waals surface area contributed by atoms with Crippen molar-refractivity contribution in [3.63, 3.8) is 0 Å². The van der Waals surface area contributed by atoms with Gasteiger partial charge in [0.15, 0.2) is 12.6 Å². The van der Waals surface area contributed by atoms with Gasteiger partial charge in [-0.05, 0) is 49.2 Å². The molecule has 0 atom stereocenters. The molecule has 0 aliphatic heterocycles. The summed E-state index contributed by atoms with van der Waals surface area (Å²) < 4.78 is 35.5. The maximum absolute atomic E-state index is 11.7. The summed E-state index contributed by atoms with van der Waals surface area (Å²) in [4.78, 5) is 23.5. The third-order valence-electron chi connectivity index (χ3n) is 11.0. The number of aldehydes is 2. The molecule has 8 nitrogen and oxygen atoms in total. The quantitative estimate of drug-likeness (QED) is 0.0334. The Morgan fingerprint density at radius 3 is 0.850 bits per heavy atom. The molecule has 0 amide bonds. The Balaban J connectivity index is 1.93. The predicted molar refractivity (Wildman–Crippen MR) is 249 cm³/mol. The second kappa shape index (κ2) is 30.3. The summed E-state index contributed by atoms with van der Waals surface area (Å²) in [5.74, 6) is 3.51. The normalized spacial score (nSPS) is 11.3. The molecule has 0 fully saturated rings. The third-order valence-corrected chi connectivity index (χ3v) is 11.0. The molecule has 0 saturated heterocycles. The van der Waals surface area contributed by atoms with Crippen molar-refractivity contribution in [2.45, 2.75) is 142 Å². The molecule has 0 radical (unpaired) electrons. The van der Waals surface area contributed by atoms with Crippen molar-refractivity contribution in [1.29, 1.82) is 0 Å². The Bertz CT molecular complexity index is 1620. The van der Waals surface area contributed by atoms with E-state index < -0.39 is 0 Å². The van der Waals surface area contributed by atoms with Crippen LogP contribution in [0, 0.1) is 0 Å². The summed E-state index contributed by atoms with van der Waals surface area (Å²) >= 11 is 0. The van der Waals surface area contributed by atoms with Crippen LogP contribution in [0.5, 0.6) is 34.5 Å².